The number of ether oxygens (including phenoxy) is 1. The average Bonchev–Trinajstić information content (AvgIpc) is 2.68. The number of hydrogen-bond acceptors (Lipinski definition) is 5. The molecule has 2 N–H and O–H groups in total. The van der Waals surface area contributed by atoms with Gasteiger partial charge in [0.2, 0.25) is 5.41 Å². The zero-order valence-electron chi connectivity index (χ0n) is 14.7. The molecule has 26 heavy (non-hydrogen) atoms. The first-order chi connectivity index (χ1) is 12.6. The molecule has 0 spiro atoms. The number of nitriles is 2. The highest BCUT2D eigenvalue weighted by Gasteiger charge is 2.58. The molecule has 132 valence electrons. The van der Waals surface area contributed by atoms with Gasteiger partial charge in [0.05, 0.1) is 23.9 Å². The molecule has 0 bridgehead atoms. The largest absolute Gasteiger partial charge is 0.464 e. The molecule has 2 aliphatic carbocycles. The molecule has 0 amide bonds. The Kier molecular flexibility index (Phi) is 4.82. The smallest absolute Gasteiger partial charge is 0.333 e. The van der Waals surface area contributed by atoms with E-state index in [1.165, 1.54) is 0 Å². The Hall–Kier alpha value is -3.05. The number of rotatable bonds is 3. The van der Waals surface area contributed by atoms with Crippen LogP contribution in [-0.4, -0.2) is 12.6 Å². The summed E-state index contributed by atoms with van der Waals surface area (Å²) in [6.45, 7) is 1.84. The van der Waals surface area contributed by atoms with Crippen molar-refractivity contribution in [2.24, 2.45) is 17.1 Å². The maximum Gasteiger partial charge on any atom is 0.333 e. The Bertz CT molecular complexity index is 857. The van der Waals surface area contributed by atoms with Gasteiger partial charge in [0.25, 0.3) is 0 Å². The van der Waals surface area contributed by atoms with Gasteiger partial charge in [-0.3, -0.25) is 0 Å². The lowest BCUT2D eigenvalue weighted by molar-refractivity contribution is -0.152. The van der Waals surface area contributed by atoms with Crippen molar-refractivity contribution >= 4 is 5.97 Å². The molecule has 1 aromatic carbocycles. The molecule has 3 rings (SSSR count). The van der Waals surface area contributed by atoms with E-state index in [-0.39, 0.29) is 23.8 Å². The lowest BCUT2D eigenvalue weighted by Crippen LogP contribution is -2.49. The van der Waals surface area contributed by atoms with Gasteiger partial charge in [0.1, 0.15) is 6.07 Å². The maximum atomic E-state index is 13.0. The first-order valence-corrected chi connectivity index (χ1v) is 8.86. The summed E-state index contributed by atoms with van der Waals surface area (Å²) in [4.78, 5) is 13.0. The van der Waals surface area contributed by atoms with Gasteiger partial charge >= 0.3 is 5.97 Å². The van der Waals surface area contributed by atoms with E-state index < -0.39 is 17.3 Å². The first kappa shape index (κ1) is 17.8. The Morgan fingerprint density at radius 1 is 1.35 bits per heavy atom. The second kappa shape index (κ2) is 7.06. The number of carbonyl (C=O) groups excluding carboxylic acids is 1. The van der Waals surface area contributed by atoms with Crippen LogP contribution < -0.4 is 5.73 Å². The van der Waals surface area contributed by atoms with E-state index in [1.807, 2.05) is 36.4 Å². The highest BCUT2D eigenvalue weighted by molar-refractivity contribution is 5.87. The van der Waals surface area contributed by atoms with Crippen LogP contribution in [0.25, 0.3) is 0 Å². The summed E-state index contributed by atoms with van der Waals surface area (Å²) in [6, 6.07) is 13.8. The molecule has 0 saturated heterocycles. The molecule has 0 saturated carbocycles. The van der Waals surface area contributed by atoms with Gasteiger partial charge in [-0.05, 0) is 43.2 Å². The predicted molar refractivity (Wildman–Crippen MR) is 96.1 cm³/mol. The highest BCUT2D eigenvalue weighted by Crippen LogP contribution is 2.56. The van der Waals surface area contributed by atoms with Crippen LogP contribution in [0.2, 0.25) is 0 Å². The SMILES string of the molecule is CCOC(=O)[C@]1(C#N)C(N)=C(C#N)C2=CCCC[C@H]2[C@H]1c1ccccc1. The van der Waals surface area contributed by atoms with Crippen molar-refractivity contribution in [3.8, 4) is 12.1 Å². The molecule has 0 unspecified atom stereocenters. The van der Waals surface area contributed by atoms with Crippen LogP contribution in [0, 0.1) is 34.0 Å². The van der Waals surface area contributed by atoms with Crippen molar-refractivity contribution in [1.29, 1.82) is 10.5 Å². The number of esters is 1. The fourth-order valence-corrected chi connectivity index (χ4v) is 4.28. The minimum Gasteiger partial charge on any atom is -0.464 e. The van der Waals surface area contributed by atoms with Crippen LogP contribution >= 0.6 is 0 Å². The summed E-state index contributed by atoms with van der Waals surface area (Å²) in [5, 5.41) is 19.9. The number of hydrogen-bond donors (Lipinski definition) is 1. The summed E-state index contributed by atoms with van der Waals surface area (Å²) in [5.74, 6) is -1.26. The maximum absolute atomic E-state index is 13.0. The molecular formula is C21H21N3O2. The molecule has 5 heteroatoms. The molecule has 0 radical (unpaired) electrons. The number of allylic oxidation sites excluding steroid dienone is 3. The number of benzene rings is 1. The van der Waals surface area contributed by atoms with Crippen molar-refractivity contribution in [2.75, 3.05) is 6.61 Å². The molecule has 5 nitrogen and oxygen atoms in total. The van der Waals surface area contributed by atoms with Gasteiger partial charge in [-0.2, -0.15) is 10.5 Å². The molecular weight excluding hydrogens is 326 g/mol. The van der Waals surface area contributed by atoms with Gasteiger partial charge < -0.3 is 10.5 Å². The Labute approximate surface area is 153 Å². The third-order valence-electron chi connectivity index (χ3n) is 5.38. The molecule has 0 aromatic heterocycles. The zero-order chi connectivity index (χ0) is 18.7. The molecule has 1 aromatic rings. The summed E-state index contributed by atoms with van der Waals surface area (Å²) >= 11 is 0. The minimum atomic E-state index is -1.69. The van der Waals surface area contributed by atoms with Gasteiger partial charge in [-0.1, -0.05) is 36.4 Å². The third-order valence-corrected chi connectivity index (χ3v) is 5.38. The van der Waals surface area contributed by atoms with E-state index in [0.717, 1.165) is 30.4 Å². The Morgan fingerprint density at radius 2 is 2.08 bits per heavy atom. The number of nitrogens with zero attached hydrogens (tertiary/aromatic N) is 2. The number of fused-ring (bicyclic) bond motifs is 1. The zero-order valence-corrected chi connectivity index (χ0v) is 14.7. The third kappa shape index (κ3) is 2.48. The highest BCUT2D eigenvalue weighted by atomic mass is 16.5. The minimum absolute atomic E-state index is 0.0132. The Balaban J connectivity index is 2.34. The second-order valence-corrected chi connectivity index (χ2v) is 6.63. The molecule has 0 fully saturated rings. The topological polar surface area (TPSA) is 99.9 Å². The van der Waals surface area contributed by atoms with Crippen LogP contribution in [0.5, 0.6) is 0 Å². The van der Waals surface area contributed by atoms with E-state index in [0.29, 0.717) is 0 Å². The van der Waals surface area contributed by atoms with Crippen LogP contribution in [-0.2, 0) is 9.53 Å². The van der Waals surface area contributed by atoms with E-state index in [1.54, 1.807) is 6.92 Å². The van der Waals surface area contributed by atoms with Crippen LogP contribution in [0.4, 0.5) is 0 Å². The van der Waals surface area contributed by atoms with E-state index in [4.69, 9.17) is 10.5 Å². The number of carbonyl (C=O) groups is 1. The van der Waals surface area contributed by atoms with E-state index in [9.17, 15) is 15.3 Å². The van der Waals surface area contributed by atoms with Gasteiger partial charge in [-0.15, -0.1) is 0 Å². The molecule has 0 heterocycles. The predicted octanol–water partition coefficient (Wildman–Crippen LogP) is 3.32. The quantitative estimate of drug-likeness (QED) is 0.845. The first-order valence-electron chi connectivity index (χ1n) is 8.86. The lowest BCUT2D eigenvalue weighted by Gasteiger charge is -2.45. The van der Waals surface area contributed by atoms with Crippen LogP contribution in [0.15, 0.2) is 53.3 Å². The van der Waals surface area contributed by atoms with Crippen molar-refractivity contribution < 1.29 is 9.53 Å². The normalized spacial score (nSPS) is 27.6. The lowest BCUT2D eigenvalue weighted by atomic mass is 9.56. The van der Waals surface area contributed by atoms with Gasteiger partial charge in [0, 0.05) is 5.92 Å². The summed E-state index contributed by atoms with van der Waals surface area (Å²) in [6.07, 6.45) is 4.64. The van der Waals surface area contributed by atoms with Crippen LogP contribution in [0.3, 0.4) is 0 Å². The average molecular weight is 347 g/mol. The molecule has 0 aliphatic heterocycles. The molecule has 2 aliphatic rings. The van der Waals surface area contributed by atoms with Gasteiger partial charge in [-0.25, -0.2) is 4.79 Å². The van der Waals surface area contributed by atoms with Gasteiger partial charge in [0.15, 0.2) is 0 Å². The summed E-state index contributed by atoms with van der Waals surface area (Å²) < 4.78 is 5.27. The fourth-order valence-electron chi connectivity index (χ4n) is 4.28. The fraction of sp³-hybridized carbons (Fsp3) is 0.381. The van der Waals surface area contributed by atoms with E-state index >= 15 is 0 Å². The summed E-state index contributed by atoms with van der Waals surface area (Å²) in [5.41, 5.74) is 6.64. The second-order valence-electron chi connectivity index (χ2n) is 6.63. The Morgan fingerprint density at radius 3 is 2.69 bits per heavy atom. The standard InChI is InChI=1S/C21H21N3O2/c1-2-26-20(25)21(13-23)18(14-8-4-3-5-9-14)16-11-7-6-10-15(16)17(12-22)19(21)24/h3-5,8-10,16,18H,2,6-7,11,24H2,1H3/t16-,18-,21+/m1/s1. The van der Waals surface area contributed by atoms with Crippen molar-refractivity contribution in [3.05, 3.63) is 58.8 Å². The van der Waals surface area contributed by atoms with Crippen molar-refractivity contribution in [3.63, 3.8) is 0 Å². The number of nitrogens with two attached hydrogens (primary N) is 1. The monoisotopic (exact) mass is 347 g/mol. The van der Waals surface area contributed by atoms with Crippen molar-refractivity contribution in [1.82, 2.24) is 0 Å². The molecule has 3 atom stereocenters. The summed E-state index contributed by atoms with van der Waals surface area (Å²) in [7, 11) is 0. The van der Waals surface area contributed by atoms with Crippen LogP contribution in [0.1, 0.15) is 37.7 Å². The van der Waals surface area contributed by atoms with Crippen molar-refractivity contribution in [2.45, 2.75) is 32.1 Å². The van der Waals surface area contributed by atoms with E-state index in [2.05, 4.69) is 12.1 Å².